The summed E-state index contributed by atoms with van der Waals surface area (Å²) < 4.78 is 40.2. The molecular weight excluding hydrogens is 281 g/mol. The van der Waals surface area contributed by atoms with Crippen LogP contribution in [-0.2, 0) is 0 Å². The fourth-order valence-corrected chi connectivity index (χ4v) is 2.25. The number of hydrogen-bond acceptors (Lipinski definition) is 3. The molecule has 1 aliphatic heterocycles. The van der Waals surface area contributed by atoms with Crippen LogP contribution in [0, 0.1) is 17.5 Å². The van der Waals surface area contributed by atoms with Gasteiger partial charge in [-0.1, -0.05) is 0 Å². The average molecular weight is 297 g/mol. The van der Waals surface area contributed by atoms with Gasteiger partial charge >= 0.3 is 0 Å². The largest absolute Gasteiger partial charge is 0.394 e. The summed E-state index contributed by atoms with van der Waals surface area (Å²) in [5, 5.41) is 12.5. The van der Waals surface area contributed by atoms with Gasteiger partial charge in [-0.05, 0) is 0 Å². The maximum absolute atomic E-state index is 13.7. The molecule has 0 amide bonds. The molecule has 0 saturated carbocycles. The highest BCUT2D eigenvalue weighted by Crippen LogP contribution is 2.26. The van der Waals surface area contributed by atoms with Gasteiger partial charge in [-0.15, -0.1) is 12.4 Å². The van der Waals surface area contributed by atoms with Gasteiger partial charge in [0.15, 0.2) is 0 Å². The average Bonchev–Trinajstić information content (AvgIpc) is 2.34. The first-order valence-corrected chi connectivity index (χ1v) is 5.83. The van der Waals surface area contributed by atoms with Crippen LogP contribution >= 0.6 is 12.4 Å². The van der Waals surface area contributed by atoms with E-state index in [1.807, 2.05) is 0 Å². The molecule has 0 unspecified atom stereocenters. The zero-order chi connectivity index (χ0) is 13.1. The van der Waals surface area contributed by atoms with Crippen LogP contribution < -0.4 is 5.32 Å². The number of halogens is 4. The fraction of sp³-hybridized carbons (Fsp3) is 0.500. The van der Waals surface area contributed by atoms with E-state index in [1.165, 1.54) is 0 Å². The van der Waals surface area contributed by atoms with Gasteiger partial charge in [0.25, 0.3) is 0 Å². The van der Waals surface area contributed by atoms with Crippen molar-refractivity contribution in [3.05, 3.63) is 35.1 Å². The molecule has 0 spiro atoms. The highest BCUT2D eigenvalue weighted by molar-refractivity contribution is 5.85. The summed E-state index contributed by atoms with van der Waals surface area (Å²) in [5.74, 6) is -2.86. The number of benzene rings is 1. The summed E-state index contributed by atoms with van der Waals surface area (Å²) in [6, 6.07) is 0.514. The van der Waals surface area contributed by atoms with Gasteiger partial charge in [0, 0.05) is 43.9 Å². The van der Waals surface area contributed by atoms with Crippen molar-refractivity contribution < 1.29 is 18.3 Å². The predicted molar refractivity (Wildman–Crippen MR) is 67.8 cm³/mol. The van der Waals surface area contributed by atoms with Gasteiger partial charge in [-0.25, -0.2) is 13.2 Å². The maximum atomic E-state index is 13.7. The molecule has 108 valence electrons. The lowest BCUT2D eigenvalue weighted by Gasteiger charge is -2.34. The lowest BCUT2D eigenvalue weighted by Crippen LogP contribution is -2.46. The minimum Gasteiger partial charge on any atom is -0.394 e. The molecule has 0 radical (unpaired) electrons. The molecule has 1 aromatic rings. The predicted octanol–water partition coefficient (Wildman–Crippen LogP) is 1.46. The molecule has 7 heteroatoms. The Balaban J connectivity index is 0.00000180. The molecule has 2 N–H and O–H groups in total. The summed E-state index contributed by atoms with van der Waals surface area (Å²) in [7, 11) is 0. The second-order valence-corrected chi connectivity index (χ2v) is 4.27. The zero-order valence-electron chi connectivity index (χ0n) is 10.2. The van der Waals surface area contributed by atoms with Gasteiger partial charge in [-0.2, -0.15) is 0 Å². The van der Waals surface area contributed by atoms with Crippen molar-refractivity contribution >= 4 is 12.4 Å². The Morgan fingerprint density at radius 3 is 2.16 bits per heavy atom. The number of nitrogens with zero attached hydrogens (tertiary/aromatic N) is 1. The Labute approximate surface area is 115 Å². The third-order valence-electron chi connectivity index (χ3n) is 3.14. The van der Waals surface area contributed by atoms with Crippen molar-refractivity contribution in [2.24, 2.45) is 0 Å². The molecule has 1 heterocycles. The van der Waals surface area contributed by atoms with Crippen LogP contribution in [0.25, 0.3) is 0 Å². The molecule has 0 aromatic heterocycles. The molecule has 0 bridgehead atoms. The van der Waals surface area contributed by atoms with Gasteiger partial charge in [0.05, 0.1) is 12.6 Å². The summed E-state index contributed by atoms with van der Waals surface area (Å²) in [6.45, 7) is 2.16. The number of hydrogen-bond donors (Lipinski definition) is 2. The molecule has 1 saturated heterocycles. The Morgan fingerprint density at radius 1 is 1.16 bits per heavy atom. The molecule has 1 fully saturated rings. The van der Waals surface area contributed by atoms with Crippen LogP contribution in [0.2, 0.25) is 0 Å². The molecule has 1 atom stereocenters. The number of aliphatic hydroxyl groups is 1. The van der Waals surface area contributed by atoms with Gasteiger partial charge in [0.1, 0.15) is 17.5 Å². The monoisotopic (exact) mass is 296 g/mol. The van der Waals surface area contributed by atoms with E-state index in [9.17, 15) is 18.3 Å². The van der Waals surface area contributed by atoms with Crippen molar-refractivity contribution in [2.75, 3.05) is 32.8 Å². The molecule has 1 aliphatic rings. The number of aliphatic hydroxyl groups excluding tert-OH is 1. The molecular formula is C12H16ClF3N2O. The van der Waals surface area contributed by atoms with E-state index in [0.717, 1.165) is 0 Å². The van der Waals surface area contributed by atoms with Crippen molar-refractivity contribution in [1.82, 2.24) is 10.2 Å². The van der Waals surface area contributed by atoms with Crippen LogP contribution in [0.15, 0.2) is 12.1 Å². The van der Waals surface area contributed by atoms with E-state index in [0.29, 0.717) is 38.3 Å². The third-order valence-corrected chi connectivity index (χ3v) is 3.14. The van der Waals surface area contributed by atoms with E-state index in [2.05, 4.69) is 5.32 Å². The Bertz CT molecular complexity index is 404. The van der Waals surface area contributed by atoms with Crippen molar-refractivity contribution in [2.45, 2.75) is 6.04 Å². The number of nitrogens with one attached hydrogen (secondary N) is 1. The van der Waals surface area contributed by atoms with Crippen LogP contribution in [0.3, 0.4) is 0 Å². The normalized spacial score (nSPS) is 17.9. The lowest BCUT2D eigenvalue weighted by molar-refractivity contribution is 0.105. The summed E-state index contributed by atoms with van der Waals surface area (Å²) in [4.78, 5) is 1.79. The minimum atomic E-state index is -0.954. The number of piperazine rings is 1. The van der Waals surface area contributed by atoms with Gasteiger partial charge in [-0.3, -0.25) is 4.90 Å². The smallest absolute Gasteiger partial charge is 0.133 e. The van der Waals surface area contributed by atoms with Crippen LogP contribution in [0.4, 0.5) is 13.2 Å². The Kier molecular flexibility index (Phi) is 6.06. The topological polar surface area (TPSA) is 35.5 Å². The van der Waals surface area contributed by atoms with Crippen molar-refractivity contribution in [3.63, 3.8) is 0 Å². The molecule has 2 rings (SSSR count). The Hall–Kier alpha value is -0.820. The second-order valence-electron chi connectivity index (χ2n) is 4.27. The number of rotatable bonds is 3. The quantitative estimate of drug-likeness (QED) is 0.886. The van der Waals surface area contributed by atoms with E-state index >= 15 is 0 Å². The SMILES string of the molecule is Cl.OC[C@H](c1c(F)cc(F)cc1F)N1CCNCC1. The van der Waals surface area contributed by atoms with E-state index in [1.54, 1.807) is 4.90 Å². The van der Waals surface area contributed by atoms with E-state index < -0.39 is 30.1 Å². The summed E-state index contributed by atoms with van der Waals surface area (Å²) >= 11 is 0. The zero-order valence-corrected chi connectivity index (χ0v) is 11.0. The Morgan fingerprint density at radius 2 is 1.68 bits per heavy atom. The summed E-state index contributed by atoms with van der Waals surface area (Å²) in [6.07, 6.45) is 0. The third kappa shape index (κ3) is 3.60. The van der Waals surface area contributed by atoms with E-state index in [4.69, 9.17) is 0 Å². The van der Waals surface area contributed by atoms with E-state index in [-0.39, 0.29) is 18.0 Å². The molecule has 1 aromatic carbocycles. The highest BCUT2D eigenvalue weighted by atomic mass is 35.5. The first-order chi connectivity index (χ1) is 8.63. The van der Waals surface area contributed by atoms with Crippen LogP contribution in [-0.4, -0.2) is 42.8 Å². The van der Waals surface area contributed by atoms with Gasteiger partial charge in [0.2, 0.25) is 0 Å². The van der Waals surface area contributed by atoms with Crippen LogP contribution in [0.5, 0.6) is 0 Å². The maximum Gasteiger partial charge on any atom is 0.133 e. The first-order valence-electron chi connectivity index (χ1n) is 5.83. The summed E-state index contributed by atoms with van der Waals surface area (Å²) in [5.41, 5.74) is -0.263. The van der Waals surface area contributed by atoms with Crippen LogP contribution in [0.1, 0.15) is 11.6 Å². The molecule has 0 aliphatic carbocycles. The highest BCUT2D eigenvalue weighted by Gasteiger charge is 2.27. The second kappa shape index (κ2) is 7.09. The van der Waals surface area contributed by atoms with Gasteiger partial charge < -0.3 is 10.4 Å². The fourth-order valence-electron chi connectivity index (χ4n) is 2.25. The van der Waals surface area contributed by atoms with Crippen molar-refractivity contribution in [1.29, 1.82) is 0 Å². The molecule has 3 nitrogen and oxygen atoms in total. The first kappa shape index (κ1) is 16.2. The molecule has 19 heavy (non-hydrogen) atoms. The minimum absolute atomic E-state index is 0. The standard InChI is InChI=1S/C12H15F3N2O.ClH/c13-8-5-9(14)12(10(15)6-8)11(7-18)17-3-1-16-2-4-17;/h5-6,11,16,18H,1-4,7H2;1H/t11-;/m1./s1. The van der Waals surface area contributed by atoms with Crippen molar-refractivity contribution in [3.8, 4) is 0 Å². The lowest BCUT2D eigenvalue weighted by atomic mass is 10.0.